The molecule has 2 rings (SSSR count). The van der Waals surface area contributed by atoms with E-state index in [9.17, 15) is 13.2 Å². The van der Waals surface area contributed by atoms with Crippen molar-refractivity contribution in [3.05, 3.63) is 59.2 Å². The first-order valence-corrected chi connectivity index (χ1v) is 10.4. The van der Waals surface area contributed by atoms with Gasteiger partial charge in [-0.25, -0.2) is 8.42 Å². The van der Waals surface area contributed by atoms with E-state index < -0.39 is 10.0 Å². The molecule has 8 heteroatoms. The topological polar surface area (TPSA) is 87.3 Å². The zero-order chi connectivity index (χ0) is 20.0. The van der Waals surface area contributed by atoms with Crippen molar-refractivity contribution in [3.63, 3.8) is 0 Å². The molecule has 0 aliphatic carbocycles. The average molecular weight is 426 g/mol. The maximum Gasteiger partial charge on any atom is 0.262 e. The number of aryl methyl sites for hydroxylation is 2. The Balaban J connectivity index is 0.00000392. The first-order chi connectivity index (χ1) is 12.7. The van der Waals surface area contributed by atoms with Crippen LogP contribution in [0.2, 0.25) is 0 Å². The fraction of sp³-hybridized carbons (Fsp3) is 0.350. The molecule has 0 fully saturated rings. The molecular weight excluding hydrogens is 398 g/mol. The van der Waals surface area contributed by atoms with Gasteiger partial charge in [-0.3, -0.25) is 9.52 Å². The Morgan fingerprint density at radius 3 is 2.32 bits per heavy atom. The Hall–Kier alpha value is -2.09. The Labute approximate surface area is 173 Å². The molecule has 0 spiro atoms. The van der Waals surface area contributed by atoms with Gasteiger partial charge in [0, 0.05) is 23.8 Å². The Morgan fingerprint density at radius 1 is 1.07 bits per heavy atom. The van der Waals surface area contributed by atoms with Gasteiger partial charge in [0.1, 0.15) is 0 Å². The smallest absolute Gasteiger partial charge is 0.262 e. The number of halogens is 1. The van der Waals surface area contributed by atoms with E-state index in [-0.39, 0.29) is 29.3 Å². The van der Waals surface area contributed by atoms with Crippen LogP contribution in [0.15, 0.2) is 47.4 Å². The number of amides is 1. The maximum atomic E-state index is 12.6. The van der Waals surface area contributed by atoms with Gasteiger partial charge in [-0.2, -0.15) is 0 Å². The Morgan fingerprint density at radius 2 is 1.71 bits per heavy atom. The molecule has 0 aliphatic heterocycles. The van der Waals surface area contributed by atoms with E-state index >= 15 is 0 Å². The second-order valence-corrected chi connectivity index (χ2v) is 8.27. The van der Waals surface area contributed by atoms with Crippen molar-refractivity contribution in [3.8, 4) is 0 Å². The number of carbonyl (C=O) groups is 1. The predicted molar refractivity (Wildman–Crippen MR) is 116 cm³/mol. The van der Waals surface area contributed by atoms with Gasteiger partial charge >= 0.3 is 0 Å². The number of carbonyl (C=O) groups excluding carboxylic acids is 1. The Bertz CT molecular complexity index is 899. The highest BCUT2D eigenvalue weighted by molar-refractivity contribution is 7.92. The largest absolute Gasteiger partial charge is 0.350 e. The summed E-state index contributed by atoms with van der Waals surface area (Å²) in [7, 11) is -3.69. The summed E-state index contributed by atoms with van der Waals surface area (Å²) in [4.78, 5) is 12.4. The normalized spacial score (nSPS) is 12.0. The SMILES string of the molecule is CCN[C@H](C)CNC(=O)c1ccc(NS(=O)(=O)c2cc(C)ccc2C)cc1.Cl. The second kappa shape index (κ2) is 10.5. The molecule has 0 aliphatic rings. The van der Waals surface area contributed by atoms with Gasteiger partial charge in [0.25, 0.3) is 15.9 Å². The number of nitrogens with one attached hydrogen (secondary N) is 3. The van der Waals surface area contributed by atoms with E-state index in [1.165, 1.54) is 0 Å². The van der Waals surface area contributed by atoms with Crippen molar-refractivity contribution < 1.29 is 13.2 Å². The molecule has 2 aromatic carbocycles. The summed E-state index contributed by atoms with van der Waals surface area (Å²) in [6.07, 6.45) is 0. The molecule has 0 heterocycles. The van der Waals surface area contributed by atoms with Gasteiger partial charge in [-0.05, 0) is 68.8 Å². The van der Waals surface area contributed by atoms with Crippen LogP contribution >= 0.6 is 12.4 Å². The third-order valence-corrected chi connectivity index (χ3v) is 5.68. The lowest BCUT2D eigenvalue weighted by molar-refractivity contribution is 0.0950. The van der Waals surface area contributed by atoms with Crippen LogP contribution in [-0.4, -0.2) is 33.5 Å². The van der Waals surface area contributed by atoms with E-state index in [2.05, 4.69) is 15.4 Å². The summed E-state index contributed by atoms with van der Waals surface area (Å²) in [5, 5.41) is 6.07. The fourth-order valence-electron chi connectivity index (χ4n) is 2.67. The average Bonchev–Trinajstić information content (AvgIpc) is 2.62. The number of likely N-dealkylation sites (N-methyl/N-ethyl adjacent to an activating group) is 1. The van der Waals surface area contributed by atoms with Gasteiger partial charge in [0.15, 0.2) is 0 Å². The fourth-order valence-corrected chi connectivity index (χ4v) is 4.05. The summed E-state index contributed by atoms with van der Waals surface area (Å²) in [5.41, 5.74) is 2.44. The molecule has 1 amide bonds. The number of benzene rings is 2. The van der Waals surface area contributed by atoms with Crippen molar-refractivity contribution in [2.45, 2.75) is 38.6 Å². The molecule has 3 N–H and O–H groups in total. The third-order valence-electron chi connectivity index (χ3n) is 4.15. The highest BCUT2D eigenvalue weighted by Crippen LogP contribution is 2.21. The minimum absolute atomic E-state index is 0. The summed E-state index contributed by atoms with van der Waals surface area (Å²) in [6.45, 7) is 8.98. The van der Waals surface area contributed by atoms with E-state index in [1.54, 1.807) is 43.3 Å². The highest BCUT2D eigenvalue weighted by atomic mass is 35.5. The molecule has 0 bridgehead atoms. The number of hydrogen-bond donors (Lipinski definition) is 3. The number of anilines is 1. The summed E-state index contributed by atoms with van der Waals surface area (Å²) >= 11 is 0. The van der Waals surface area contributed by atoms with Crippen LogP contribution in [0.25, 0.3) is 0 Å². The minimum atomic E-state index is -3.69. The second-order valence-electron chi connectivity index (χ2n) is 6.62. The molecule has 0 radical (unpaired) electrons. The van der Waals surface area contributed by atoms with Crippen molar-refractivity contribution >= 4 is 34.0 Å². The summed E-state index contributed by atoms with van der Waals surface area (Å²) in [6, 6.07) is 11.9. The predicted octanol–water partition coefficient (Wildman–Crippen LogP) is 3.25. The molecule has 0 aromatic heterocycles. The van der Waals surface area contributed by atoms with Gasteiger partial charge in [-0.1, -0.05) is 19.1 Å². The van der Waals surface area contributed by atoms with Gasteiger partial charge in [0.05, 0.1) is 4.90 Å². The first-order valence-electron chi connectivity index (χ1n) is 8.94. The molecule has 6 nitrogen and oxygen atoms in total. The van der Waals surface area contributed by atoms with Gasteiger partial charge in [0.2, 0.25) is 0 Å². The lowest BCUT2D eigenvalue weighted by Crippen LogP contribution is -2.38. The quantitative estimate of drug-likeness (QED) is 0.605. The van der Waals surface area contributed by atoms with Gasteiger partial charge in [-0.15, -0.1) is 12.4 Å². The molecule has 0 saturated heterocycles. The first kappa shape index (κ1) is 23.9. The molecular formula is C20H28ClN3O3S. The molecule has 28 heavy (non-hydrogen) atoms. The van der Waals surface area contributed by atoms with Crippen LogP contribution in [0.3, 0.4) is 0 Å². The van der Waals surface area contributed by atoms with Crippen LogP contribution in [-0.2, 0) is 10.0 Å². The number of hydrogen-bond acceptors (Lipinski definition) is 4. The van der Waals surface area contributed by atoms with Crippen LogP contribution in [0.1, 0.15) is 35.3 Å². The lowest BCUT2D eigenvalue weighted by Gasteiger charge is -2.14. The van der Waals surface area contributed by atoms with Crippen LogP contribution in [0, 0.1) is 13.8 Å². The Kier molecular flexibility index (Phi) is 8.94. The minimum Gasteiger partial charge on any atom is -0.350 e. The van der Waals surface area contributed by atoms with Crippen molar-refractivity contribution in [2.24, 2.45) is 0 Å². The van der Waals surface area contributed by atoms with Crippen LogP contribution in [0.4, 0.5) is 5.69 Å². The van der Waals surface area contributed by atoms with Crippen molar-refractivity contribution in [1.82, 2.24) is 10.6 Å². The zero-order valence-corrected chi connectivity index (χ0v) is 18.2. The maximum absolute atomic E-state index is 12.6. The van der Waals surface area contributed by atoms with Crippen molar-refractivity contribution in [1.29, 1.82) is 0 Å². The molecule has 1 atom stereocenters. The molecule has 0 unspecified atom stereocenters. The molecule has 2 aromatic rings. The van der Waals surface area contributed by atoms with E-state index in [4.69, 9.17) is 0 Å². The summed E-state index contributed by atoms with van der Waals surface area (Å²) < 4.78 is 27.8. The monoisotopic (exact) mass is 425 g/mol. The molecule has 0 saturated carbocycles. The third kappa shape index (κ3) is 6.51. The summed E-state index contributed by atoms with van der Waals surface area (Å²) in [5.74, 6) is -0.191. The van der Waals surface area contributed by atoms with E-state index in [0.717, 1.165) is 12.1 Å². The standard InChI is InChI=1S/C20H27N3O3S.ClH/c1-5-21-16(4)13-22-20(24)17-8-10-18(11-9-17)23-27(25,26)19-12-14(2)6-7-15(19)3;/h6-12,16,21,23H,5,13H2,1-4H3,(H,22,24);1H/t16-;/m1./s1. The van der Waals surface area contributed by atoms with E-state index in [1.807, 2.05) is 26.8 Å². The zero-order valence-electron chi connectivity index (χ0n) is 16.6. The van der Waals surface area contributed by atoms with E-state index in [0.29, 0.717) is 23.4 Å². The number of sulfonamides is 1. The van der Waals surface area contributed by atoms with Crippen LogP contribution < -0.4 is 15.4 Å². The number of rotatable bonds is 8. The van der Waals surface area contributed by atoms with Gasteiger partial charge < -0.3 is 10.6 Å². The van der Waals surface area contributed by atoms with Crippen LogP contribution in [0.5, 0.6) is 0 Å². The highest BCUT2D eigenvalue weighted by Gasteiger charge is 2.17. The van der Waals surface area contributed by atoms with Crippen molar-refractivity contribution in [2.75, 3.05) is 17.8 Å². The molecule has 154 valence electrons. The lowest BCUT2D eigenvalue weighted by atomic mass is 10.2.